The molecule has 0 unspecified atom stereocenters. The van der Waals surface area contributed by atoms with Gasteiger partial charge >= 0.3 is 5.97 Å². The van der Waals surface area contributed by atoms with Gasteiger partial charge < -0.3 is 15.2 Å². The molecular formula is C12H11ClN2O3. The third-order valence-corrected chi connectivity index (χ3v) is 2.89. The smallest absolute Gasteiger partial charge is 0.339 e. The van der Waals surface area contributed by atoms with Crippen LogP contribution in [0.25, 0.3) is 10.9 Å². The van der Waals surface area contributed by atoms with Gasteiger partial charge in [-0.3, -0.25) is 0 Å². The summed E-state index contributed by atoms with van der Waals surface area (Å²) < 4.78 is 5.18. The Bertz CT molecular complexity index is 628. The summed E-state index contributed by atoms with van der Waals surface area (Å²) in [6.07, 6.45) is 0. The zero-order valence-corrected chi connectivity index (χ0v) is 10.6. The molecule has 1 aromatic heterocycles. The number of carboxylic acids is 1. The van der Waals surface area contributed by atoms with Crippen molar-refractivity contribution >= 4 is 34.3 Å². The number of carbonyl (C=O) groups is 1. The summed E-state index contributed by atoms with van der Waals surface area (Å²) in [6, 6.07) is 4.84. The highest BCUT2D eigenvalue weighted by molar-refractivity contribution is 6.35. The van der Waals surface area contributed by atoms with Crippen LogP contribution < -0.4 is 10.1 Å². The number of hydrogen-bond acceptors (Lipinski definition) is 4. The Morgan fingerprint density at radius 2 is 2.22 bits per heavy atom. The largest absolute Gasteiger partial charge is 0.496 e. The molecule has 0 saturated carbocycles. The Morgan fingerprint density at radius 1 is 1.50 bits per heavy atom. The lowest BCUT2D eigenvalue weighted by atomic mass is 10.1. The molecule has 0 spiro atoms. The molecule has 0 amide bonds. The second kappa shape index (κ2) is 4.70. The zero-order chi connectivity index (χ0) is 13.3. The molecule has 0 saturated heterocycles. The summed E-state index contributed by atoms with van der Waals surface area (Å²) in [5.74, 6) is -0.256. The van der Waals surface area contributed by atoms with Gasteiger partial charge in [0.2, 0.25) is 0 Å². The monoisotopic (exact) mass is 266 g/mol. The number of methoxy groups -OCH3 is 1. The van der Waals surface area contributed by atoms with Crippen molar-refractivity contribution in [2.45, 2.75) is 0 Å². The number of aromatic nitrogens is 1. The summed E-state index contributed by atoms with van der Waals surface area (Å²) in [4.78, 5) is 15.4. The van der Waals surface area contributed by atoms with Crippen molar-refractivity contribution in [1.29, 1.82) is 0 Å². The van der Waals surface area contributed by atoms with Crippen molar-refractivity contribution in [3.8, 4) is 5.75 Å². The highest BCUT2D eigenvalue weighted by Gasteiger charge is 2.16. The molecule has 6 heteroatoms. The van der Waals surface area contributed by atoms with Gasteiger partial charge in [0.05, 0.1) is 17.6 Å². The third-order valence-electron chi connectivity index (χ3n) is 2.58. The second-order valence-electron chi connectivity index (χ2n) is 3.59. The van der Waals surface area contributed by atoms with E-state index in [0.717, 1.165) is 0 Å². The predicted octanol–water partition coefficient (Wildman–Crippen LogP) is 2.64. The van der Waals surface area contributed by atoms with Crippen molar-refractivity contribution in [2.24, 2.45) is 0 Å². The number of fused-ring (bicyclic) bond motifs is 1. The number of ether oxygens (including phenoxy) is 1. The van der Waals surface area contributed by atoms with Gasteiger partial charge in [0, 0.05) is 12.4 Å². The summed E-state index contributed by atoms with van der Waals surface area (Å²) in [7, 11) is 3.11. The number of nitrogens with one attached hydrogen (secondary N) is 1. The van der Waals surface area contributed by atoms with E-state index in [1.807, 2.05) is 0 Å². The first-order valence-electron chi connectivity index (χ1n) is 5.16. The van der Waals surface area contributed by atoms with Crippen LogP contribution in [0.5, 0.6) is 5.75 Å². The van der Waals surface area contributed by atoms with Gasteiger partial charge in [0.15, 0.2) is 0 Å². The lowest BCUT2D eigenvalue weighted by Crippen LogP contribution is -2.05. The number of carboxylic acid groups (broad SMARTS) is 1. The van der Waals surface area contributed by atoms with E-state index < -0.39 is 5.97 Å². The maximum Gasteiger partial charge on any atom is 0.339 e. The number of halogens is 1. The molecule has 0 aliphatic rings. The fraction of sp³-hybridized carbons (Fsp3) is 0.167. The van der Waals surface area contributed by atoms with E-state index in [-0.39, 0.29) is 11.4 Å². The average Bonchev–Trinajstić information content (AvgIpc) is 2.38. The van der Waals surface area contributed by atoms with Crippen LogP contribution in [0.4, 0.5) is 5.82 Å². The first-order chi connectivity index (χ1) is 8.58. The van der Waals surface area contributed by atoms with Gasteiger partial charge in [0.1, 0.15) is 17.1 Å². The third kappa shape index (κ3) is 1.93. The lowest BCUT2D eigenvalue weighted by Gasteiger charge is -2.10. The molecule has 94 valence electrons. The fourth-order valence-corrected chi connectivity index (χ4v) is 1.94. The first kappa shape index (κ1) is 12.4. The van der Waals surface area contributed by atoms with Crippen molar-refractivity contribution in [3.63, 3.8) is 0 Å². The molecule has 2 N–H and O–H groups in total. The maximum atomic E-state index is 11.2. The van der Waals surface area contributed by atoms with Crippen LogP contribution in [0.3, 0.4) is 0 Å². The molecule has 5 nitrogen and oxygen atoms in total. The van der Waals surface area contributed by atoms with E-state index in [2.05, 4.69) is 10.3 Å². The molecule has 0 bridgehead atoms. The minimum atomic E-state index is -1.06. The molecular weight excluding hydrogens is 256 g/mol. The molecule has 2 aromatic rings. The predicted molar refractivity (Wildman–Crippen MR) is 69.8 cm³/mol. The lowest BCUT2D eigenvalue weighted by molar-refractivity contribution is 0.0698. The number of rotatable bonds is 3. The quantitative estimate of drug-likeness (QED) is 0.894. The van der Waals surface area contributed by atoms with Gasteiger partial charge in [-0.25, -0.2) is 9.78 Å². The first-order valence-corrected chi connectivity index (χ1v) is 5.54. The standard InChI is InChI=1S/C12H11ClN2O3/c1-14-11-7(12(16)17)5-6-9(18-2)4-3-8(13)10(6)15-11/h3-5H,1-2H3,(H,14,15)(H,16,17). The molecule has 0 atom stereocenters. The number of nitrogens with zero attached hydrogens (tertiary/aromatic N) is 1. The molecule has 0 aliphatic heterocycles. The van der Waals surface area contributed by atoms with E-state index in [4.69, 9.17) is 21.4 Å². The number of hydrogen-bond donors (Lipinski definition) is 2. The number of benzene rings is 1. The van der Waals surface area contributed by atoms with Crippen molar-refractivity contribution in [3.05, 3.63) is 28.8 Å². The Morgan fingerprint density at radius 3 is 2.78 bits per heavy atom. The van der Waals surface area contributed by atoms with Crippen LogP contribution in [-0.4, -0.2) is 30.2 Å². The normalized spacial score (nSPS) is 10.4. The molecule has 2 rings (SSSR count). The second-order valence-corrected chi connectivity index (χ2v) is 3.99. The number of pyridine rings is 1. The van der Waals surface area contributed by atoms with E-state index in [1.54, 1.807) is 19.2 Å². The fourth-order valence-electron chi connectivity index (χ4n) is 1.73. The minimum absolute atomic E-state index is 0.0746. The number of aromatic carboxylic acids is 1. The van der Waals surface area contributed by atoms with Crippen molar-refractivity contribution in [1.82, 2.24) is 4.98 Å². The highest BCUT2D eigenvalue weighted by atomic mass is 35.5. The maximum absolute atomic E-state index is 11.2. The van der Waals surface area contributed by atoms with Crippen LogP contribution in [0, 0.1) is 0 Å². The van der Waals surface area contributed by atoms with Crippen molar-refractivity contribution in [2.75, 3.05) is 19.5 Å². The summed E-state index contributed by atoms with van der Waals surface area (Å²) in [6.45, 7) is 0. The van der Waals surface area contributed by atoms with Gasteiger partial charge in [0.25, 0.3) is 0 Å². The molecule has 0 radical (unpaired) electrons. The Hall–Kier alpha value is -2.01. The number of anilines is 1. The topological polar surface area (TPSA) is 71.5 Å². The Labute approximate surface area is 108 Å². The molecule has 0 aliphatic carbocycles. The molecule has 18 heavy (non-hydrogen) atoms. The van der Waals surface area contributed by atoms with Crippen LogP contribution in [0.1, 0.15) is 10.4 Å². The highest BCUT2D eigenvalue weighted by Crippen LogP contribution is 2.32. The van der Waals surface area contributed by atoms with Crippen LogP contribution in [0.2, 0.25) is 5.02 Å². The van der Waals surface area contributed by atoms with Crippen molar-refractivity contribution < 1.29 is 14.6 Å². The molecule has 0 fully saturated rings. The summed E-state index contributed by atoms with van der Waals surface area (Å²) in [5.41, 5.74) is 0.580. The van der Waals surface area contributed by atoms with Crippen LogP contribution in [0.15, 0.2) is 18.2 Å². The van der Waals surface area contributed by atoms with Gasteiger partial charge in [-0.1, -0.05) is 11.6 Å². The van der Waals surface area contributed by atoms with Crippen LogP contribution in [-0.2, 0) is 0 Å². The summed E-state index contributed by atoms with van der Waals surface area (Å²) in [5, 5.41) is 12.9. The Kier molecular flexibility index (Phi) is 3.25. The van der Waals surface area contributed by atoms with E-state index in [9.17, 15) is 4.79 Å². The molecule has 1 heterocycles. The SMILES string of the molecule is CNc1nc2c(Cl)ccc(OC)c2cc1C(=O)O. The zero-order valence-electron chi connectivity index (χ0n) is 9.82. The summed E-state index contributed by atoms with van der Waals surface area (Å²) >= 11 is 6.05. The van der Waals surface area contributed by atoms with E-state index in [0.29, 0.717) is 21.7 Å². The van der Waals surface area contributed by atoms with Crippen LogP contribution >= 0.6 is 11.6 Å². The van der Waals surface area contributed by atoms with E-state index >= 15 is 0 Å². The minimum Gasteiger partial charge on any atom is -0.496 e. The Balaban J connectivity index is 2.86. The average molecular weight is 267 g/mol. The van der Waals surface area contributed by atoms with Gasteiger partial charge in [-0.05, 0) is 18.2 Å². The van der Waals surface area contributed by atoms with E-state index in [1.165, 1.54) is 13.2 Å². The molecule has 1 aromatic carbocycles. The van der Waals surface area contributed by atoms with Gasteiger partial charge in [-0.2, -0.15) is 0 Å². The van der Waals surface area contributed by atoms with Gasteiger partial charge in [-0.15, -0.1) is 0 Å².